The number of nitrogens with zero attached hydrogens (tertiary/aromatic N) is 1. The lowest BCUT2D eigenvalue weighted by Crippen LogP contribution is -2.44. The second-order valence-electron chi connectivity index (χ2n) is 5.72. The van der Waals surface area contributed by atoms with Crippen LogP contribution in [0.2, 0.25) is 0 Å². The van der Waals surface area contributed by atoms with Crippen molar-refractivity contribution in [3.63, 3.8) is 0 Å². The molecule has 0 aromatic rings. The summed E-state index contributed by atoms with van der Waals surface area (Å²) in [6, 6.07) is 0. The van der Waals surface area contributed by atoms with Crippen molar-refractivity contribution in [1.82, 2.24) is 10.4 Å². The lowest BCUT2D eigenvalue weighted by Gasteiger charge is -2.35. The largest absolute Gasteiger partial charge is 0.788 e. The molecule has 6 heteroatoms. The average molecular weight is 259 g/mol. The van der Waals surface area contributed by atoms with Crippen LogP contribution in [0.25, 0.3) is 0 Å². The van der Waals surface area contributed by atoms with Gasteiger partial charge in [0.25, 0.3) is 0 Å². The topological polar surface area (TPSA) is 84.9 Å². The Labute approximate surface area is 108 Å². The molecule has 1 aliphatic rings. The molecular formula is C12H23N2O4-. The number of amides is 1. The van der Waals surface area contributed by atoms with E-state index >= 15 is 0 Å². The van der Waals surface area contributed by atoms with E-state index < -0.39 is 11.7 Å². The van der Waals surface area contributed by atoms with E-state index in [2.05, 4.69) is 0 Å². The molecule has 0 aromatic heterocycles. The Hall–Kier alpha value is -0.850. The van der Waals surface area contributed by atoms with Crippen LogP contribution in [-0.4, -0.2) is 47.4 Å². The number of carbonyl (C=O) groups excluding carboxylic acids is 1. The van der Waals surface area contributed by atoms with Crippen LogP contribution in [0, 0.1) is 11.1 Å². The summed E-state index contributed by atoms with van der Waals surface area (Å²) < 4.78 is 5.28. The molecule has 0 aromatic carbocycles. The van der Waals surface area contributed by atoms with Gasteiger partial charge in [-0.3, -0.25) is 0 Å². The third-order valence-corrected chi connectivity index (χ3v) is 3.03. The number of likely N-dealkylation sites (tertiary alicyclic amines) is 1. The summed E-state index contributed by atoms with van der Waals surface area (Å²) in [7, 11) is 0. The van der Waals surface area contributed by atoms with Crippen molar-refractivity contribution in [2.45, 2.75) is 45.3 Å². The van der Waals surface area contributed by atoms with Crippen LogP contribution in [0.4, 0.5) is 4.79 Å². The molecule has 106 valence electrons. The Morgan fingerprint density at radius 2 is 2.06 bits per heavy atom. The maximum Gasteiger partial charge on any atom is 0.410 e. The molecule has 0 radical (unpaired) electrons. The van der Waals surface area contributed by atoms with E-state index in [1.54, 1.807) is 10.4 Å². The molecule has 0 aliphatic carbocycles. The van der Waals surface area contributed by atoms with Crippen molar-refractivity contribution in [3.05, 3.63) is 5.21 Å². The summed E-state index contributed by atoms with van der Waals surface area (Å²) >= 11 is 0. The number of hydrogen-bond acceptors (Lipinski definition) is 5. The van der Waals surface area contributed by atoms with E-state index in [9.17, 15) is 15.1 Å². The molecule has 18 heavy (non-hydrogen) atoms. The van der Waals surface area contributed by atoms with Gasteiger partial charge in [-0.1, -0.05) is 0 Å². The van der Waals surface area contributed by atoms with Crippen molar-refractivity contribution >= 4 is 6.09 Å². The second-order valence-corrected chi connectivity index (χ2v) is 5.72. The number of piperidine rings is 1. The molecule has 1 saturated heterocycles. The van der Waals surface area contributed by atoms with Crippen molar-refractivity contribution in [2.24, 2.45) is 5.92 Å². The average Bonchev–Trinajstić information content (AvgIpc) is 2.27. The zero-order valence-corrected chi connectivity index (χ0v) is 11.3. The molecule has 2 N–H and O–H groups in total. The fourth-order valence-corrected chi connectivity index (χ4v) is 2.05. The normalized spacial score (nSPS) is 19.7. The zero-order chi connectivity index (χ0) is 13.8. The van der Waals surface area contributed by atoms with Crippen LogP contribution in [0.15, 0.2) is 0 Å². The minimum absolute atomic E-state index is 0.0527. The predicted octanol–water partition coefficient (Wildman–Crippen LogP) is 1.08. The highest BCUT2D eigenvalue weighted by Crippen LogP contribution is 2.22. The number of rotatable bonds is 3. The molecule has 1 unspecified atom stereocenters. The van der Waals surface area contributed by atoms with Crippen molar-refractivity contribution < 1.29 is 14.6 Å². The molecule has 1 rings (SSSR count). The number of hydroxylamine groups is 1. The summed E-state index contributed by atoms with van der Waals surface area (Å²) in [5.41, 5.74) is 1.24. The van der Waals surface area contributed by atoms with Crippen LogP contribution in [-0.2, 0) is 4.74 Å². The molecule has 1 fully saturated rings. The molecule has 0 spiro atoms. The Morgan fingerprint density at radius 3 is 2.50 bits per heavy atom. The first kappa shape index (κ1) is 15.2. The van der Waals surface area contributed by atoms with Crippen molar-refractivity contribution in [1.29, 1.82) is 0 Å². The van der Waals surface area contributed by atoms with Gasteiger partial charge in [-0.05, 0) is 39.5 Å². The quantitative estimate of drug-likeness (QED) is 0.741. The fourth-order valence-electron chi connectivity index (χ4n) is 2.05. The standard InChI is InChI=1S/C12H23N2O4/c1-12(2,3)18-11(16)14-6-4-9(5-7-14)10(15)8-13-17/h9-10,13,15H,4-8H2,1-3H3/q-1. The summed E-state index contributed by atoms with van der Waals surface area (Å²) in [4.78, 5) is 13.4. The lowest BCUT2D eigenvalue weighted by molar-refractivity contribution is 0.00843. The van der Waals surface area contributed by atoms with Gasteiger partial charge in [0.05, 0.1) is 6.10 Å². The van der Waals surface area contributed by atoms with Gasteiger partial charge in [-0.15, -0.1) is 0 Å². The molecule has 1 heterocycles. The summed E-state index contributed by atoms with van der Waals surface area (Å²) in [5.74, 6) is 0.0742. The van der Waals surface area contributed by atoms with E-state index in [1.165, 1.54) is 0 Å². The molecule has 1 amide bonds. The van der Waals surface area contributed by atoms with E-state index in [-0.39, 0.29) is 18.6 Å². The smallest absolute Gasteiger partial charge is 0.410 e. The highest BCUT2D eigenvalue weighted by Gasteiger charge is 2.29. The molecule has 1 atom stereocenters. The second kappa shape index (κ2) is 6.36. The first-order valence-electron chi connectivity index (χ1n) is 6.34. The summed E-state index contributed by atoms with van der Waals surface area (Å²) in [6.07, 6.45) is 0.449. The van der Waals surface area contributed by atoms with E-state index in [4.69, 9.17) is 4.74 Å². The van der Waals surface area contributed by atoms with Gasteiger partial charge < -0.3 is 25.4 Å². The highest BCUT2D eigenvalue weighted by atomic mass is 16.6. The number of aliphatic hydroxyl groups excluding tert-OH is 1. The van der Waals surface area contributed by atoms with Crippen LogP contribution in [0.1, 0.15) is 33.6 Å². The summed E-state index contributed by atoms with van der Waals surface area (Å²) in [5, 5.41) is 19.9. The Kier molecular flexibility index (Phi) is 5.37. The molecule has 0 saturated carbocycles. The predicted molar refractivity (Wildman–Crippen MR) is 67.9 cm³/mol. The van der Waals surface area contributed by atoms with E-state index in [0.29, 0.717) is 25.9 Å². The Morgan fingerprint density at radius 1 is 1.50 bits per heavy atom. The third-order valence-electron chi connectivity index (χ3n) is 3.03. The van der Waals surface area contributed by atoms with Crippen LogP contribution >= 0.6 is 0 Å². The van der Waals surface area contributed by atoms with Gasteiger partial charge in [0.2, 0.25) is 0 Å². The zero-order valence-electron chi connectivity index (χ0n) is 11.3. The third kappa shape index (κ3) is 4.80. The highest BCUT2D eigenvalue weighted by molar-refractivity contribution is 5.68. The fraction of sp³-hybridized carbons (Fsp3) is 0.917. The number of aliphatic hydroxyl groups is 1. The first-order valence-corrected chi connectivity index (χ1v) is 6.34. The van der Waals surface area contributed by atoms with E-state index in [0.717, 1.165) is 0 Å². The minimum atomic E-state index is -0.636. The maximum atomic E-state index is 11.8. The Balaban J connectivity index is 2.37. The first-order chi connectivity index (χ1) is 8.33. The van der Waals surface area contributed by atoms with Gasteiger partial charge in [0.15, 0.2) is 0 Å². The number of hydrogen-bond donors (Lipinski definition) is 2. The van der Waals surface area contributed by atoms with E-state index in [1.807, 2.05) is 20.8 Å². The van der Waals surface area contributed by atoms with Gasteiger partial charge >= 0.3 is 6.09 Å². The molecule has 6 nitrogen and oxygen atoms in total. The summed E-state index contributed by atoms with van der Waals surface area (Å²) in [6.45, 7) is 6.69. The molecule has 1 aliphatic heterocycles. The number of nitrogens with one attached hydrogen (secondary N) is 1. The van der Waals surface area contributed by atoms with Crippen molar-refractivity contribution in [2.75, 3.05) is 19.6 Å². The van der Waals surface area contributed by atoms with Crippen LogP contribution in [0.5, 0.6) is 0 Å². The van der Waals surface area contributed by atoms with Gasteiger partial charge in [0, 0.05) is 19.6 Å². The minimum Gasteiger partial charge on any atom is -0.788 e. The van der Waals surface area contributed by atoms with Gasteiger partial charge in [0.1, 0.15) is 5.60 Å². The van der Waals surface area contributed by atoms with Gasteiger partial charge in [-0.2, -0.15) is 0 Å². The maximum absolute atomic E-state index is 11.8. The Bertz CT molecular complexity index is 270. The van der Waals surface area contributed by atoms with Crippen molar-refractivity contribution in [3.8, 4) is 0 Å². The molecular weight excluding hydrogens is 236 g/mol. The van der Waals surface area contributed by atoms with Crippen LogP contribution < -0.4 is 5.48 Å². The molecule has 0 bridgehead atoms. The van der Waals surface area contributed by atoms with Gasteiger partial charge in [-0.25, -0.2) is 4.79 Å². The number of carbonyl (C=O) groups is 1. The van der Waals surface area contributed by atoms with Crippen LogP contribution in [0.3, 0.4) is 0 Å². The monoisotopic (exact) mass is 259 g/mol. The lowest BCUT2D eigenvalue weighted by atomic mass is 9.91. The SMILES string of the molecule is CC(C)(C)OC(=O)N1CCC(C(O)CN[O-])CC1. The number of ether oxygens (including phenoxy) is 1.